The van der Waals surface area contributed by atoms with Gasteiger partial charge in [-0.1, -0.05) is 40.0 Å². The molecule has 1 aromatic rings. The second-order valence-corrected chi connectivity index (χ2v) is 7.72. The summed E-state index contributed by atoms with van der Waals surface area (Å²) in [5, 5.41) is 3.05. The van der Waals surface area contributed by atoms with Gasteiger partial charge in [0, 0.05) is 12.3 Å². The summed E-state index contributed by atoms with van der Waals surface area (Å²) >= 11 is 0. The summed E-state index contributed by atoms with van der Waals surface area (Å²) in [5.41, 5.74) is 2.07. The van der Waals surface area contributed by atoms with Crippen molar-refractivity contribution in [3.8, 4) is 5.75 Å². The number of nitrogens with one attached hydrogen (secondary N) is 1. The van der Waals surface area contributed by atoms with Gasteiger partial charge in [0.05, 0.1) is 6.61 Å². The van der Waals surface area contributed by atoms with Crippen molar-refractivity contribution in [2.75, 3.05) is 18.5 Å². The van der Waals surface area contributed by atoms with E-state index in [0.29, 0.717) is 19.1 Å². The molecule has 148 valence electrons. The second kappa shape index (κ2) is 10.6. The number of hydrogen-bond acceptors (Lipinski definition) is 3. The fourth-order valence-corrected chi connectivity index (χ4v) is 3.05. The molecular formula is C22H37NO3. The Bertz CT molecular complexity index is 560. The third-order valence-electron chi connectivity index (χ3n) is 4.48. The summed E-state index contributed by atoms with van der Waals surface area (Å²) in [6.07, 6.45) is 3.95. The lowest BCUT2D eigenvalue weighted by Crippen LogP contribution is -2.42. The number of benzene rings is 1. The van der Waals surface area contributed by atoms with Crippen LogP contribution in [0.5, 0.6) is 5.75 Å². The van der Waals surface area contributed by atoms with Crippen molar-refractivity contribution >= 4 is 11.6 Å². The third kappa shape index (κ3) is 6.64. The van der Waals surface area contributed by atoms with Crippen molar-refractivity contribution in [2.24, 2.45) is 5.92 Å². The maximum atomic E-state index is 12.9. The lowest BCUT2D eigenvalue weighted by molar-refractivity contribution is -0.139. The molecule has 0 radical (unpaired) electrons. The summed E-state index contributed by atoms with van der Waals surface area (Å²) in [4.78, 5) is 12.9. The summed E-state index contributed by atoms with van der Waals surface area (Å²) in [6.45, 7) is 15.5. The lowest BCUT2D eigenvalue weighted by atomic mass is 9.96. The highest BCUT2D eigenvalue weighted by Gasteiger charge is 2.33. The molecule has 0 bridgehead atoms. The average molecular weight is 364 g/mol. The van der Waals surface area contributed by atoms with Crippen LogP contribution in [0.3, 0.4) is 0 Å². The molecule has 0 aliphatic heterocycles. The van der Waals surface area contributed by atoms with Gasteiger partial charge in [-0.25, -0.2) is 0 Å². The predicted octanol–water partition coefficient (Wildman–Crippen LogP) is 5.65. The molecule has 0 spiro atoms. The fourth-order valence-electron chi connectivity index (χ4n) is 3.05. The van der Waals surface area contributed by atoms with Crippen molar-refractivity contribution in [3.63, 3.8) is 0 Å². The number of anilines is 1. The first-order chi connectivity index (χ1) is 12.2. The summed E-state index contributed by atoms with van der Waals surface area (Å²) < 4.78 is 11.7. The molecule has 0 saturated carbocycles. The first kappa shape index (κ1) is 22.5. The standard InChI is InChI=1S/C22H37NO3/c1-8-10-11-12-22(7,26-9-2)21(24)23-19-13-17(5)20(18(6)14-19)25-15-16(3)4/h13-14,16H,8-12,15H2,1-7H3,(H,23,24)/t22-/m1/s1. The second-order valence-electron chi connectivity index (χ2n) is 7.72. The van der Waals surface area contributed by atoms with Crippen LogP contribution in [0, 0.1) is 19.8 Å². The Hall–Kier alpha value is -1.55. The average Bonchev–Trinajstić information content (AvgIpc) is 2.54. The molecule has 0 aliphatic carbocycles. The van der Waals surface area contributed by atoms with Gasteiger partial charge in [-0.05, 0) is 63.3 Å². The third-order valence-corrected chi connectivity index (χ3v) is 4.48. The number of carbonyl (C=O) groups is 1. The van der Waals surface area contributed by atoms with Crippen molar-refractivity contribution in [1.82, 2.24) is 0 Å². The van der Waals surface area contributed by atoms with Gasteiger partial charge in [-0.2, -0.15) is 0 Å². The minimum atomic E-state index is -0.793. The molecule has 1 aromatic carbocycles. The van der Waals surface area contributed by atoms with Crippen molar-refractivity contribution in [3.05, 3.63) is 23.3 Å². The van der Waals surface area contributed by atoms with Gasteiger partial charge in [0.25, 0.3) is 5.91 Å². The number of hydrogen-bond donors (Lipinski definition) is 1. The molecule has 0 fully saturated rings. The molecule has 0 aromatic heterocycles. The van der Waals surface area contributed by atoms with Gasteiger partial charge in [-0.3, -0.25) is 4.79 Å². The molecule has 26 heavy (non-hydrogen) atoms. The number of aryl methyl sites for hydroxylation is 2. The first-order valence-corrected chi connectivity index (χ1v) is 9.93. The zero-order chi connectivity index (χ0) is 19.7. The van der Waals surface area contributed by atoms with Crippen LogP contribution in [0.25, 0.3) is 0 Å². The highest BCUT2D eigenvalue weighted by atomic mass is 16.5. The van der Waals surface area contributed by atoms with Gasteiger partial charge in [0.2, 0.25) is 0 Å². The number of ether oxygens (including phenoxy) is 2. The molecule has 0 unspecified atom stereocenters. The quantitative estimate of drug-likeness (QED) is 0.517. The maximum absolute atomic E-state index is 12.9. The Morgan fingerprint density at radius 2 is 1.77 bits per heavy atom. The van der Waals surface area contributed by atoms with Crippen LogP contribution in [0.2, 0.25) is 0 Å². The topological polar surface area (TPSA) is 47.6 Å². The Kier molecular flexibility index (Phi) is 9.14. The highest BCUT2D eigenvalue weighted by molar-refractivity contribution is 5.97. The number of unbranched alkanes of at least 4 members (excludes halogenated alkanes) is 2. The minimum Gasteiger partial charge on any atom is -0.493 e. The molecule has 0 heterocycles. The van der Waals surface area contributed by atoms with Gasteiger partial charge in [-0.15, -0.1) is 0 Å². The molecule has 1 rings (SSSR count). The molecule has 4 nitrogen and oxygen atoms in total. The maximum Gasteiger partial charge on any atom is 0.256 e. The van der Waals surface area contributed by atoms with E-state index in [2.05, 4.69) is 26.1 Å². The van der Waals surface area contributed by atoms with E-state index in [0.717, 1.165) is 48.2 Å². The van der Waals surface area contributed by atoms with E-state index in [1.54, 1.807) is 0 Å². The summed E-state index contributed by atoms with van der Waals surface area (Å²) in [5.74, 6) is 1.31. The predicted molar refractivity (Wildman–Crippen MR) is 109 cm³/mol. The summed E-state index contributed by atoms with van der Waals surface area (Å²) in [7, 11) is 0. The van der Waals surface area contributed by atoms with Gasteiger partial charge >= 0.3 is 0 Å². The molecule has 1 atom stereocenters. The molecule has 0 saturated heterocycles. The van der Waals surface area contributed by atoms with E-state index >= 15 is 0 Å². The van der Waals surface area contributed by atoms with Crippen molar-refractivity contribution in [1.29, 1.82) is 0 Å². The van der Waals surface area contributed by atoms with Gasteiger partial charge in [0.15, 0.2) is 0 Å². The van der Waals surface area contributed by atoms with Crippen molar-refractivity contribution < 1.29 is 14.3 Å². The highest BCUT2D eigenvalue weighted by Crippen LogP contribution is 2.29. The van der Waals surface area contributed by atoms with Crippen LogP contribution in [0.4, 0.5) is 5.69 Å². The van der Waals surface area contributed by atoms with Crippen molar-refractivity contribution in [2.45, 2.75) is 79.8 Å². The van der Waals surface area contributed by atoms with E-state index in [1.165, 1.54) is 0 Å². The molecule has 1 N–H and O–H groups in total. The Morgan fingerprint density at radius 1 is 1.15 bits per heavy atom. The van der Waals surface area contributed by atoms with Crippen LogP contribution >= 0.6 is 0 Å². The van der Waals surface area contributed by atoms with Crippen LogP contribution < -0.4 is 10.1 Å². The minimum absolute atomic E-state index is 0.0786. The fraction of sp³-hybridized carbons (Fsp3) is 0.682. The van der Waals surface area contributed by atoms with E-state index < -0.39 is 5.60 Å². The molecule has 1 amide bonds. The Morgan fingerprint density at radius 3 is 2.27 bits per heavy atom. The number of carbonyl (C=O) groups excluding carboxylic acids is 1. The van der Waals surface area contributed by atoms with E-state index in [9.17, 15) is 4.79 Å². The largest absolute Gasteiger partial charge is 0.493 e. The van der Waals surface area contributed by atoms with Crippen LogP contribution in [-0.4, -0.2) is 24.7 Å². The van der Waals surface area contributed by atoms with Crippen LogP contribution in [-0.2, 0) is 9.53 Å². The SMILES string of the molecule is CCCCC[C@@](C)(OCC)C(=O)Nc1cc(C)c(OCC(C)C)c(C)c1. The lowest BCUT2D eigenvalue weighted by Gasteiger charge is -2.28. The van der Waals surface area contributed by atoms with Gasteiger partial charge in [0.1, 0.15) is 11.4 Å². The Labute approximate surface area is 159 Å². The Balaban J connectivity index is 2.89. The van der Waals surface area contributed by atoms with E-state index in [1.807, 2.05) is 39.8 Å². The zero-order valence-corrected chi connectivity index (χ0v) is 17.7. The van der Waals surface area contributed by atoms with Crippen LogP contribution in [0.1, 0.15) is 71.4 Å². The zero-order valence-electron chi connectivity index (χ0n) is 17.7. The normalized spacial score (nSPS) is 13.5. The van der Waals surface area contributed by atoms with Gasteiger partial charge < -0.3 is 14.8 Å². The smallest absolute Gasteiger partial charge is 0.256 e. The van der Waals surface area contributed by atoms with E-state index in [4.69, 9.17) is 9.47 Å². The molecule has 0 aliphatic rings. The monoisotopic (exact) mass is 363 g/mol. The number of amides is 1. The molecule has 4 heteroatoms. The van der Waals surface area contributed by atoms with E-state index in [-0.39, 0.29) is 5.91 Å². The first-order valence-electron chi connectivity index (χ1n) is 9.93. The summed E-state index contributed by atoms with van der Waals surface area (Å²) in [6, 6.07) is 3.94. The van der Waals surface area contributed by atoms with Crippen LogP contribution in [0.15, 0.2) is 12.1 Å². The molecular weight excluding hydrogens is 326 g/mol. The number of rotatable bonds is 11.